The Morgan fingerprint density at radius 2 is 2.24 bits per heavy atom. The molecule has 0 amide bonds. The molecule has 90 valence electrons. The van der Waals surface area contributed by atoms with Gasteiger partial charge in [-0.1, -0.05) is 22.0 Å². The summed E-state index contributed by atoms with van der Waals surface area (Å²) in [6, 6.07) is 8.65. The number of hydrogen-bond acceptors (Lipinski definition) is 3. The first-order valence-corrected chi connectivity index (χ1v) is 6.77. The Labute approximate surface area is 109 Å². The molecule has 1 heterocycles. The van der Waals surface area contributed by atoms with E-state index in [1.807, 2.05) is 24.3 Å². The lowest BCUT2D eigenvalue weighted by atomic mass is 9.90. The highest BCUT2D eigenvalue weighted by atomic mass is 79.9. The number of halogens is 1. The molecule has 3 atom stereocenters. The van der Waals surface area contributed by atoms with Crippen LogP contribution in [0.1, 0.15) is 24.8 Å². The highest BCUT2D eigenvalue weighted by molar-refractivity contribution is 9.10. The van der Waals surface area contributed by atoms with Crippen molar-refractivity contribution in [2.45, 2.75) is 37.5 Å². The smallest absolute Gasteiger partial charge is 0.216 e. The fourth-order valence-corrected chi connectivity index (χ4v) is 2.91. The van der Waals surface area contributed by atoms with E-state index < -0.39 is 0 Å². The van der Waals surface area contributed by atoms with Gasteiger partial charge in [0.15, 0.2) is 0 Å². The maximum atomic E-state index is 5.96. The summed E-state index contributed by atoms with van der Waals surface area (Å²) in [7, 11) is 0. The van der Waals surface area contributed by atoms with Gasteiger partial charge in [-0.25, -0.2) is 4.99 Å². The molecule has 17 heavy (non-hydrogen) atoms. The third kappa shape index (κ3) is 2.24. The van der Waals surface area contributed by atoms with Gasteiger partial charge in [0, 0.05) is 22.5 Å². The number of nitrogens with two attached hydrogens (primary N) is 1. The first-order chi connectivity index (χ1) is 8.22. The Kier molecular flexibility index (Phi) is 2.92. The van der Waals surface area contributed by atoms with Crippen LogP contribution in [0.3, 0.4) is 0 Å². The van der Waals surface area contributed by atoms with Crippen LogP contribution in [0.15, 0.2) is 33.7 Å². The van der Waals surface area contributed by atoms with Crippen LogP contribution >= 0.6 is 15.9 Å². The molecule has 0 bridgehead atoms. The fourth-order valence-electron chi connectivity index (χ4n) is 2.51. The lowest BCUT2D eigenvalue weighted by molar-refractivity contribution is 0.142. The summed E-state index contributed by atoms with van der Waals surface area (Å²) in [6.45, 7) is 0. The lowest BCUT2D eigenvalue weighted by Crippen LogP contribution is -2.37. The first kappa shape index (κ1) is 11.2. The molecule has 1 aliphatic carbocycles. The van der Waals surface area contributed by atoms with Crippen LogP contribution in [0.5, 0.6) is 0 Å². The largest absolute Gasteiger partial charge is 0.472 e. The molecule has 3 rings (SSSR count). The molecule has 2 N–H and O–H groups in total. The van der Waals surface area contributed by atoms with Gasteiger partial charge >= 0.3 is 0 Å². The van der Waals surface area contributed by atoms with Crippen LogP contribution in [0.2, 0.25) is 0 Å². The minimum atomic E-state index is 0.188. The Morgan fingerprint density at radius 3 is 3.06 bits per heavy atom. The highest BCUT2D eigenvalue weighted by Crippen LogP contribution is 2.30. The molecule has 0 radical (unpaired) electrons. The van der Waals surface area contributed by atoms with E-state index in [1.54, 1.807) is 0 Å². The molecule has 1 fully saturated rings. The lowest BCUT2D eigenvalue weighted by Gasteiger charge is -2.26. The van der Waals surface area contributed by atoms with E-state index in [4.69, 9.17) is 10.5 Å². The van der Waals surface area contributed by atoms with Gasteiger partial charge < -0.3 is 10.5 Å². The quantitative estimate of drug-likeness (QED) is 0.865. The molecule has 2 aliphatic rings. The molecule has 1 aromatic carbocycles. The van der Waals surface area contributed by atoms with Gasteiger partial charge in [0.1, 0.15) is 6.10 Å². The second-order valence-corrected chi connectivity index (χ2v) is 5.66. The SMILES string of the molecule is NC1CCC2N=C(c3cccc(Br)c3)OC2C1. The molecular weight excluding hydrogens is 280 g/mol. The van der Waals surface area contributed by atoms with Crippen LogP contribution in [0, 0.1) is 0 Å². The number of fused-ring (bicyclic) bond motifs is 1. The summed E-state index contributed by atoms with van der Waals surface area (Å²) in [5, 5.41) is 0. The summed E-state index contributed by atoms with van der Waals surface area (Å²) in [6.07, 6.45) is 3.21. The summed E-state index contributed by atoms with van der Waals surface area (Å²) in [4.78, 5) is 4.67. The van der Waals surface area contributed by atoms with Gasteiger partial charge in [-0.2, -0.15) is 0 Å². The number of aliphatic imine (C=N–C) groups is 1. The molecule has 1 aliphatic heterocycles. The first-order valence-electron chi connectivity index (χ1n) is 5.98. The van der Waals surface area contributed by atoms with Gasteiger partial charge in [0.25, 0.3) is 0 Å². The molecule has 3 nitrogen and oxygen atoms in total. The zero-order valence-electron chi connectivity index (χ0n) is 9.47. The molecular formula is C13H15BrN2O. The predicted molar refractivity (Wildman–Crippen MR) is 71.2 cm³/mol. The minimum Gasteiger partial charge on any atom is -0.472 e. The highest BCUT2D eigenvalue weighted by Gasteiger charge is 2.36. The molecule has 3 unspecified atom stereocenters. The Balaban J connectivity index is 1.82. The van der Waals surface area contributed by atoms with Gasteiger partial charge in [0.05, 0.1) is 6.04 Å². The number of hydrogen-bond donors (Lipinski definition) is 1. The Bertz CT molecular complexity index is 460. The van der Waals surface area contributed by atoms with E-state index in [9.17, 15) is 0 Å². The topological polar surface area (TPSA) is 47.6 Å². The second kappa shape index (κ2) is 4.42. The maximum Gasteiger partial charge on any atom is 0.216 e. The standard InChI is InChI=1S/C13H15BrN2O/c14-9-3-1-2-8(6-9)13-16-11-5-4-10(15)7-12(11)17-13/h1-3,6,10-12H,4-5,7,15H2. The van der Waals surface area contributed by atoms with Crippen LogP contribution < -0.4 is 5.73 Å². The Morgan fingerprint density at radius 1 is 1.35 bits per heavy atom. The molecule has 1 aromatic rings. The summed E-state index contributed by atoms with van der Waals surface area (Å²) in [5.74, 6) is 0.774. The third-order valence-corrected chi connectivity index (χ3v) is 3.91. The van der Waals surface area contributed by atoms with Gasteiger partial charge in [-0.15, -0.1) is 0 Å². The van der Waals surface area contributed by atoms with E-state index in [2.05, 4.69) is 20.9 Å². The van der Waals surface area contributed by atoms with E-state index >= 15 is 0 Å². The number of nitrogens with zero attached hydrogens (tertiary/aromatic N) is 1. The second-order valence-electron chi connectivity index (χ2n) is 4.74. The minimum absolute atomic E-state index is 0.188. The summed E-state index contributed by atoms with van der Waals surface area (Å²) < 4.78 is 6.97. The van der Waals surface area contributed by atoms with Gasteiger partial charge in [-0.3, -0.25) is 0 Å². The Hall–Kier alpha value is -0.870. The molecule has 4 heteroatoms. The normalized spacial score (nSPS) is 31.6. The van der Waals surface area contributed by atoms with Crippen molar-refractivity contribution in [1.82, 2.24) is 0 Å². The summed E-state index contributed by atoms with van der Waals surface area (Å²) in [5.41, 5.74) is 7.00. The predicted octanol–water partition coefficient (Wildman–Crippen LogP) is 2.47. The van der Waals surface area contributed by atoms with Crippen molar-refractivity contribution in [3.63, 3.8) is 0 Å². The average molecular weight is 295 g/mol. The maximum absolute atomic E-state index is 5.96. The average Bonchev–Trinajstić information content (AvgIpc) is 2.72. The van der Waals surface area contributed by atoms with Gasteiger partial charge in [-0.05, 0) is 31.0 Å². The van der Waals surface area contributed by atoms with Crippen molar-refractivity contribution in [3.05, 3.63) is 34.3 Å². The molecule has 0 saturated heterocycles. The van der Waals surface area contributed by atoms with Crippen molar-refractivity contribution in [3.8, 4) is 0 Å². The molecule has 0 aromatic heterocycles. The van der Waals surface area contributed by atoms with Crippen molar-refractivity contribution < 1.29 is 4.74 Å². The number of benzene rings is 1. The number of rotatable bonds is 1. The zero-order chi connectivity index (χ0) is 11.8. The van der Waals surface area contributed by atoms with Crippen molar-refractivity contribution in [2.24, 2.45) is 10.7 Å². The van der Waals surface area contributed by atoms with Crippen LogP contribution in [0.4, 0.5) is 0 Å². The van der Waals surface area contributed by atoms with Crippen molar-refractivity contribution in [2.75, 3.05) is 0 Å². The van der Waals surface area contributed by atoms with Gasteiger partial charge in [0.2, 0.25) is 5.90 Å². The monoisotopic (exact) mass is 294 g/mol. The van der Waals surface area contributed by atoms with E-state index in [0.29, 0.717) is 6.04 Å². The van der Waals surface area contributed by atoms with Crippen molar-refractivity contribution in [1.29, 1.82) is 0 Å². The van der Waals surface area contributed by atoms with Crippen LogP contribution in [0.25, 0.3) is 0 Å². The molecule has 0 spiro atoms. The van der Waals surface area contributed by atoms with E-state index in [1.165, 1.54) is 0 Å². The summed E-state index contributed by atoms with van der Waals surface area (Å²) >= 11 is 3.46. The fraction of sp³-hybridized carbons (Fsp3) is 0.462. The third-order valence-electron chi connectivity index (χ3n) is 3.42. The van der Waals surface area contributed by atoms with E-state index in [-0.39, 0.29) is 12.1 Å². The molecule has 1 saturated carbocycles. The van der Waals surface area contributed by atoms with E-state index in [0.717, 1.165) is 35.2 Å². The van der Waals surface area contributed by atoms with Crippen molar-refractivity contribution >= 4 is 21.8 Å². The number of ether oxygens (including phenoxy) is 1. The zero-order valence-corrected chi connectivity index (χ0v) is 11.1. The van der Waals surface area contributed by atoms with Crippen LogP contribution in [-0.2, 0) is 4.74 Å². The van der Waals surface area contributed by atoms with Crippen LogP contribution in [-0.4, -0.2) is 24.1 Å².